The fourth-order valence-corrected chi connectivity index (χ4v) is 2.80. The Kier molecular flexibility index (Phi) is 19.1. The zero-order valence-electron chi connectivity index (χ0n) is 14.9. The van der Waals surface area contributed by atoms with Crippen molar-refractivity contribution in [2.75, 3.05) is 7.11 Å². The minimum Gasteiger partial charge on any atom is -0.505 e. The molecule has 0 fully saturated rings. The van der Waals surface area contributed by atoms with Gasteiger partial charge < -0.3 is 4.74 Å². The lowest BCUT2D eigenvalue weighted by atomic mass is 10.0. The quantitative estimate of drug-likeness (QED) is 0.200. The zero-order valence-corrected chi connectivity index (χ0v) is 14.9. The fraction of sp³-hybridized carbons (Fsp3) is 0.900. The summed E-state index contributed by atoms with van der Waals surface area (Å²) in [6.07, 6.45) is 26.6. The van der Waals surface area contributed by atoms with Gasteiger partial charge in [-0.3, -0.25) is 0 Å². The van der Waals surface area contributed by atoms with Gasteiger partial charge in [0.2, 0.25) is 0 Å². The number of ether oxygens (including phenoxy) is 1. The molecule has 0 aliphatic heterocycles. The summed E-state index contributed by atoms with van der Waals surface area (Å²) in [6.45, 7) is 2.29. The van der Waals surface area contributed by atoms with Crippen molar-refractivity contribution in [2.24, 2.45) is 0 Å². The average Bonchev–Trinajstić information content (AvgIpc) is 2.50. The van der Waals surface area contributed by atoms with E-state index in [1.807, 2.05) is 0 Å². The molecule has 0 N–H and O–H groups in total. The van der Waals surface area contributed by atoms with Gasteiger partial charge in [-0.25, -0.2) is 0 Å². The van der Waals surface area contributed by atoms with Gasteiger partial charge >= 0.3 is 0 Å². The Balaban J connectivity index is 2.95. The summed E-state index contributed by atoms with van der Waals surface area (Å²) in [5.41, 5.74) is 0. The summed E-state index contributed by atoms with van der Waals surface area (Å²) >= 11 is 0. The highest BCUT2D eigenvalue weighted by atomic mass is 16.5. The minimum atomic E-state index is 1.17. The lowest BCUT2D eigenvalue weighted by Crippen LogP contribution is -1.83. The van der Waals surface area contributed by atoms with Crippen molar-refractivity contribution in [1.82, 2.24) is 0 Å². The number of hydrogen-bond donors (Lipinski definition) is 0. The maximum Gasteiger partial charge on any atom is 0.0784 e. The van der Waals surface area contributed by atoms with Crippen LogP contribution in [0.5, 0.6) is 0 Å². The van der Waals surface area contributed by atoms with E-state index in [1.54, 1.807) is 13.4 Å². The Morgan fingerprint density at radius 1 is 0.571 bits per heavy atom. The summed E-state index contributed by atoms with van der Waals surface area (Å²) in [5, 5.41) is 0. The van der Waals surface area contributed by atoms with Crippen LogP contribution in [-0.2, 0) is 4.74 Å². The van der Waals surface area contributed by atoms with E-state index in [1.165, 1.54) is 103 Å². The lowest BCUT2D eigenvalue weighted by molar-refractivity contribution is 0.336. The molecule has 0 saturated carbocycles. The van der Waals surface area contributed by atoms with Crippen LogP contribution in [-0.4, -0.2) is 7.11 Å². The lowest BCUT2D eigenvalue weighted by Gasteiger charge is -2.03. The molecule has 0 aliphatic rings. The van der Waals surface area contributed by atoms with E-state index in [0.29, 0.717) is 0 Å². The van der Waals surface area contributed by atoms with Gasteiger partial charge in [0.05, 0.1) is 13.4 Å². The van der Waals surface area contributed by atoms with Crippen molar-refractivity contribution in [3.63, 3.8) is 0 Å². The monoisotopic (exact) mass is 296 g/mol. The minimum absolute atomic E-state index is 1.17. The van der Waals surface area contributed by atoms with Crippen LogP contribution in [0.15, 0.2) is 12.3 Å². The third-order valence-corrected chi connectivity index (χ3v) is 4.21. The van der Waals surface area contributed by atoms with Gasteiger partial charge in [-0.1, -0.05) is 96.8 Å². The first-order chi connectivity index (χ1) is 10.4. The molecule has 0 radical (unpaired) electrons. The van der Waals surface area contributed by atoms with Crippen molar-refractivity contribution in [2.45, 2.75) is 110 Å². The summed E-state index contributed by atoms with van der Waals surface area (Å²) in [4.78, 5) is 0. The second-order valence-electron chi connectivity index (χ2n) is 6.35. The molecular formula is C20H40O. The molecule has 0 aromatic heterocycles. The topological polar surface area (TPSA) is 9.23 Å². The SMILES string of the molecule is CCCCCCCCCCCCCCCCCC=COC. The van der Waals surface area contributed by atoms with E-state index < -0.39 is 0 Å². The molecule has 21 heavy (non-hydrogen) atoms. The molecule has 1 heteroatoms. The predicted molar refractivity (Wildman–Crippen MR) is 95.7 cm³/mol. The summed E-state index contributed by atoms with van der Waals surface area (Å²) in [6, 6.07) is 0. The molecule has 0 heterocycles. The molecule has 126 valence electrons. The Morgan fingerprint density at radius 2 is 0.952 bits per heavy atom. The standard InChI is InChI=1S/C20H40O/c1-3-4-5-6-7-8-9-10-11-12-13-14-15-16-17-18-19-20-21-2/h19-20H,3-18H2,1-2H3. The molecule has 0 atom stereocenters. The first kappa shape index (κ1) is 20.5. The second-order valence-corrected chi connectivity index (χ2v) is 6.35. The number of allylic oxidation sites excluding steroid dienone is 1. The van der Waals surface area contributed by atoms with Crippen LogP contribution in [0.1, 0.15) is 110 Å². The zero-order chi connectivity index (χ0) is 15.4. The Bertz CT molecular complexity index is 198. The Morgan fingerprint density at radius 3 is 1.33 bits per heavy atom. The van der Waals surface area contributed by atoms with E-state index in [0.717, 1.165) is 0 Å². The van der Waals surface area contributed by atoms with Crippen molar-refractivity contribution < 1.29 is 4.74 Å². The molecule has 0 bridgehead atoms. The van der Waals surface area contributed by atoms with Gasteiger partial charge in [-0.05, 0) is 18.9 Å². The highest BCUT2D eigenvalue weighted by Gasteiger charge is 1.94. The van der Waals surface area contributed by atoms with Gasteiger partial charge in [-0.2, -0.15) is 0 Å². The molecule has 0 spiro atoms. The van der Waals surface area contributed by atoms with Crippen LogP contribution in [0.2, 0.25) is 0 Å². The van der Waals surface area contributed by atoms with Gasteiger partial charge in [0.15, 0.2) is 0 Å². The number of hydrogen-bond acceptors (Lipinski definition) is 1. The van der Waals surface area contributed by atoms with E-state index in [9.17, 15) is 0 Å². The van der Waals surface area contributed by atoms with Crippen LogP contribution < -0.4 is 0 Å². The van der Waals surface area contributed by atoms with Crippen LogP contribution in [0.25, 0.3) is 0 Å². The number of methoxy groups -OCH3 is 1. The van der Waals surface area contributed by atoms with Gasteiger partial charge in [0.1, 0.15) is 0 Å². The molecular weight excluding hydrogens is 256 g/mol. The van der Waals surface area contributed by atoms with Crippen molar-refractivity contribution in [1.29, 1.82) is 0 Å². The van der Waals surface area contributed by atoms with Gasteiger partial charge in [0, 0.05) is 0 Å². The first-order valence-electron chi connectivity index (χ1n) is 9.59. The second kappa shape index (κ2) is 19.5. The molecule has 0 aliphatic carbocycles. The predicted octanol–water partition coefficient (Wildman–Crippen LogP) is 7.41. The summed E-state index contributed by atoms with van der Waals surface area (Å²) in [5.74, 6) is 0. The van der Waals surface area contributed by atoms with Crippen LogP contribution in [0.3, 0.4) is 0 Å². The fourth-order valence-electron chi connectivity index (χ4n) is 2.80. The van der Waals surface area contributed by atoms with Crippen molar-refractivity contribution in [3.05, 3.63) is 12.3 Å². The molecule has 0 rings (SSSR count). The molecule has 0 saturated heterocycles. The van der Waals surface area contributed by atoms with Gasteiger partial charge in [-0.15, -0.1) is 0 Å². The van der Waals surface area contributed by atoms with E-state index in [4.69, 9.17) is 4.74 Å². The molecule has 0 aromatic rings. The molecule has 0 unspecified atom stereocenters. The maximum absolute atomic E-state index is 4.89. The Hall–Kier alpha value is -0.460. The smallest absolute Gasteiger partial charge is 0.0784 e. The first-order valence-corrected chi connectivity index (χ1v) is 9.59. The largest absolute Gasteiger partial charge is 0.505 e. The summed E-state index contributed by atoms with van der Waals surface area (Å²) < 4.78 is 4.89. The highest BCUT2D eigenvalue weighted by molar-refractivity contribution is 4.72. The average molecular weight is 297 g/mol. The van der Waals surface area contributed by atoms with E-state index >= 15 is 0 Å². The maximum atomic E-state index is 4.89. The third-order valence-electron chi connectivity index (χ3n) is 4.21. The highest BCUT2D eigenvalue weighted by Crippen LogP contribution is 2.13. The Labute approximate surface area is 134 Å². The van der Waals surface area contributed by atoms with Crippen LogP contribution in [0.4, 0.5) is 0 Å². The molecule has 0 aromatic carbocycles. The number of rotatable bonds is 17. The molecule has 1 nitrogen and oxygen atoms in total. The van der Waals surface area contributed by atoms with Gasteiger partial charge in [0.25, 0.3) is 0 Å². The van der Waals surface area contributed by atoms with Crippen molar-refractivity contribution in [3.8, 4) is 0 Å². The van der Waals surface area contributed by atoms with E-state index in [-0.39, 0.29) is 0 Å². The normalized spacial score (nSPS) is 11.3. The number of unbranched alkanes of at least 4 members (excludes halogenated alkanes) is 15. The van der Waals surface area contributed by atoms with Crippen LogP contribution >= 0.6 is 0 Å². The van der Waals surface area contributed by atoms with E-state index in [2.05, 4.69) is 13.0 Å². The molecule has 0 amide bonds. The summed E-state index contributed by atoms with van der Waals surface area (Å²) in [7, 11) is 1.71. The van der Waals surface area contributed by atoms with Crippen LogP contribution in [0, 0.1) is 0 Å². The third kappa shape index (κ3) is 19.5. The van der Waals surface area contributed by atoms with Crippen molar-refractivity contribution >= 4 is 0 Å².